The van der Waals surface area contributed by atoms with Crippen LogP contribution in [0.15, 0.2) is 42.7 Å². The lowest BCUT2D eigenvalue weighted by Crippen LogP contribution is -2.13. The molecule has 0 atom stereocenters. The number of hydrogen-bond donors (Lipinski definition) is 2. The Morgan fingerprint density at radius 1 is 1.05 bits per heavy atom. The summed E-state index contributed by atoms with van der Waals surface area (Å²) in [6.07, 6.45) is 3.30. The number of pyridine rings is 1. The molecule has 2 N–H and O–H groups in total. The van der Waals surface area contributed by atoms with Crippen LogP contribution in [0.5, 0.6) is 0 Å². The Labute approximate surface area is 117 Å². The van der Waals surface area contributed by atoms with Crippen LogP contribution in [0.3, 0.4) is 0 Å². The molecule has 0 unspecified atom stereocenters. The summed E-state index contributed by atoms with van der Waals surface area (Å²) in [5.74, 6) is -0.421. The summed E-state index contributed by atoms with van der Waals surface area (Å²) in [7, 11) is 0. The van der Waals surface area contributed by atoms with Gasteiger partial charge < -0.3 is 10.6 Å². The molecule has 0 saturated heterocycles. The third-order valence-corrected chi connectivity index (χ3v) is 2.58. The fourth-order valence-electron chi connectivity index (χ4n) is 1.77. The van der Waals surface area contributed by atoms with Crippen molar-refractivity contribution in [1.29, 1.82) is 0 Å². The Bertz CT molecular complexity index is 653. The molecule has 5 nitrogen and oxygen atoms in total. The molecule has 0 aliphatic carbocycles. The van der Waals surface area contributed by atoms with Gasteiger partial charge in [0.25, 0.3) is 5.91 Å². The summed E-state index contributed by atoms with van der Waals surface area (Å²) in [5, 5.41) is 5.41. The summed E-state index contributed by atoms with van der Waals surface area (Å²) in [6.45, 7) is 3.32. The minimum absolute atomic E-state index is 0.176. The van der Waals surface area contributed by atoms with Crippen molar-refractivity contribution < 1.29 is 9.59 Å². The van der Waals surface area contributed by atoms with Crippen LogP contribution in [-0.4, -0.2) is 16.8 Å². The van der Waals surface area contributed by atoms with E-state index >= 15 is 0 Å². The number of carbonyl (C=O) groups excluding carboxylic acids is 2. The van der Waals surface area contributed by atoms with Gasteiger partial charge in [-0.2, -0.15) is 0 Å². The van der Waals surface area contributed by atoms with Crippen LogP contribution in [0.1, 0.15) is 22.8 Å². The van der Waals surface area contributed by atoms with Crippen LogP contribution < -0.4 is 10.6 Å². The number of nitrogens with one attached hydrogen (secondary N) is 2. The van der Waals surface area contributed by atoms with E-state index in [1.54, 1.807) is 36.7 Å². The number of hydrogen-bond acceptors (Lipinski definition) is 3. The van der Waals surface area contributed by atoms with Gasteiger partial charge in [-0.25, -0.2) is 0 Å². The predicted molar refractivity (Wildman–Crippen MR) is 77.7 cm³/mol. The van der Waals surface area contributed by atoms with Crippen molar-refractivity contribution in [3.05, 3.63) is 53.9 Å². The number of nitrogens with zero attached hydrogens (tertiary/aromatic N) is 1. The molecule has 0 spiro atoms. The van der Waals surface area contributed by atoms with Crippen molar-refractivity contribution in [2.75, 3.05) is 10.6 Å². The minimum Gasteiger partial charge on any atom is -0.326 e. The molecule has 2 aromatic rings. The highest BCUT2D eigenvalue weighted by Gasteiger charge is 2.07. The standard InChI is InChI=1S/C15H15N3O2/c1-10-6-14(9-16-8-10)18-15(20)12-4-3-5-13(7-12)17-11(2)19/h3-9H,1-2H3,(H,17,19)(H,18,20). The van der Waals surface area contributed by atoms with E-state index in [0.717, 1.165) is 5.56 Å². The Morgan fingerprint density at radius 3 is 2.55 bits per heavy atom. The lowest BCUT2D eigenvalue weighted by molar-refractivity contribution is -0.114. The van der Waals surface area contributed by atoms with Crippen LogP contribution in [0.4, 0.5) is 11.4 Å². The Balaban J connectivity index is 2.15. The van der Waals surface area contributed by atoms with Gasteiger partial charge in [0.15, 0.2) is 0 Å². The second kappa shape index (κ2) is 5.97. The van der Waals surface area contributed by atoms with Gasteiger partial charge in [-0.05, 0) is 36.8 Å². The van der Waals surface area contributed by atoms with E-state index in [0.29, 0.717) is 16.9 Å². The van der Waals surface area contributed by atoms with Gasteiger partial charge in [0.1, 0.15) is 0 Å². The number of carbonyl (C=O) groups is 2. The summed E-state index contributed by atoms with van der Waals surface area (Å²) in [6, 6.07) is 8.59. The van der Waals surface area contributed by atoms with Crippen molar-refractivity contribution in [3.63, 3.8) is 0 Å². The summed E-state index contributed by atoms with van der Waals surface area (Å²) in [4.78, 5) is 27.1. The lowest BCUT2D eigenvalue weighted by Gasteiger charge is -2.07. The first-order valence-electron chi connectivity index (χ1n) is 6.15. The quantitative estimate of drug-likeness (QED) is 0.899. The lowest BCUT2D eigenvalue weighted by atomic mass is 10.2. The number of amides is 2. The number of rotatable bonds is 3. The van der Waals surface area contributed by atoms with Crippen LogP contribution >= 0.6 is 0 Å². The molecular formula is C15H15N3O2. The zero-order valence-electron chi connectivity index (χ0n) is 11.3. The van der Waals surface area contributed by atoms with Crippen molar-refractivity contribution in [2.45, 2.75) is 13.8 Å². The fourth-order valence-corrected chi connectivity index (χ4v) is 1.77. The number of anilines is 2. The van der Waals surface area contributed by atoms with E-state index < -0.39 is 0 Å². The van der Waals surface area contributed by atoms with Crippen molar-refractivity contribution in [1.82, 2.24) is 4.98 Å². The van der Waals surface area contributed by atoms with Crippen molar-refractivity contribution in [3.8, 4) is 0 Å². The van der Waals surface area contributed by atoms with Crippen LogP contribution in [0, 0.1) is 6.92 Å². The van der Waals surface area contributed by atoms with E-state index in [1.807, 2.05) is 13.0 Å². The van der Waals surface area contributed by atoms with E-state index in [2.05, 4.69) is 15.6 Å². The maximum atomic E-state index is 12.1. The molecule has 0 aliphatic rings. The first kappa shape index (κ1) is 13.7. The van der Waals surface area contributed by atoms with E-state index in [9.17, 15) is 9.59 Å². The Morgan fingerprint density at radius 2 is 1.85 bits per heavy atom. The molecule has 1 aromatic heterocycles. The third-order valence-electron chi connectivity index (χ3n) is 2.58. The Kier molecular flexibility index (Phi) is 4.10. The van der Waals surface area contributed by atoms with E-state index in [-0.39, 0.29) is 11.8 Å². The molecular weight excluding hydrogens is 254 g/mol. The molecule has 0 saturated carbocycles. The van der Waals surface area contributed by atoms with Crippen LogP contribution in [0.25, 0.3) is 0 Å². The summed E-state index contributed by atoms with van der Waals surface area (Å²) >= 11 is 0. The molecule has 1 aromatic carbocycles. The SMILES string of the molecule is CC(=O)Nc1cccc(C(=O)Nc2cncc(C)c2)c1. The fraction of sp³-hybridized carbons (Fsp3) is 0.133. The maximum absolute atomic E-state index is 12.1. The number of aromatic nitrogens is 1. The van der Waals surface area contributed by atoms with E-state index in [1.165, 1.54) is 6.92 Å². The first-order valence-corrected chi connectivity index (χ1v) is 6.15. The Hall–Kier alpha value is -2.69. The van der Waals surface area contributed by atoms with Gasteiger partial charge in [0.2, 0.25) is 5.91 Å². The number of benzene rings is 1. The average molecular weight is 269 g/mol. The molecule has 102 valence electrons. The van der Waals surface area contributed by atoms with E-state index in [4.69, 9.17) is 0 Å². The normalized spacial score (nSPS) is 9.90. The topological polar surface area (TPSA) is 71.1 Å². The maximum Gasteiger partial charge on any atom is 0.255 e. The van der Waals surface area contributed by atoms with Gasteiger partial charge in [-0.1, -0.05) is 6.07 Å². The van der Waals surface area contributed by atoms with Crippen LogP contribution in [0.2, 0.25) is 0 Å². The molecule has 0 aliphatic heterocycles. The second-order valence-electron chi connectivity index (χ2n) is 4.47. The first-order chi connectivity index (χ1) is 9.54. The summed E-state index contributed by atoms with van der Waals surface area (Å²) in [5.41, 5.74) is 2.67. The zero-order chi connectivity index (χ0) is 14.5. The van der Waals surface area contributed by atoms with Crippen molar-refractivity contribution in [2.24, 2.45) is 0 Å². The van der Waals surface area contributed by atoms with Gasteiger partial charge in [-0.3, -0.25) is 14.6 Å². The third kappa shape index (κ3) is 3.65. The molecule has 2 rings (SSSR count). The molecule has 20 heavy (non-hydrogen) atoms. The van der Waals surface area contributed by atoms with Crippen LogP contribution in [-0.2, 0) is 4.79 Å². The monoisotopic (exact) mass is 269 g/mol. The molecule has 0 radical (unpaired) electrons. The predicted octanol–water partition coefficient (Wildman–Crippen LogP) is 2.60. The molecule has 0 fully saturated rings. The molecule has 1 heterocycles. The molecule has 5 heteroatoms. The number of aryl methyl sites for hydroxylation is 1. The highest BCUT2D eigenvalue weighted by Crippen LogP contribution is 2.13. The largest absolute Gasteiger partial charge is 0.326 e. The molecule has 2 amide bonds. The zero-order valence-corrected chi connectivity index (χ0v) is 11.3. The highest BCUT2D eigenvalue weighted by molar-refractivity contribution is 6.05. The minimum atomic E-state index is -0.246. The van der Waals surface area contributed by atoms with Gasteiger partial charge >= 0.3 is 0 Å². The second-order valence-corrected chi connectivity index (χ2v) is 4.47. The highest BCUT2D eigenvalue weighted by atomic mass is 16.2. The van der Waals surface area contributed by atoms with Gasteiger partial charge in [0.05, 0.1) is 11.9 Å². The van der Waals surface area contributed by atoms with Gasteiger partial charge in [0, 0.05) is 24.4 Å². The smallest absolute Gasteiger partial charge is 0.255 e. The average Bonchev–Trinajstić information content (AvgIpc) is 2.38. The molecule has 0 bridgehead atoms. The van der Waals surface area contributed by atoms with Crippen molar-refractivity contribution >= 4 is 23.2 Å². The van der Waals surface area contributed by atoms with Gasteiger partial charge in [-0.15, -0.1) is 0 Å². The summed E-state index contributed by atoms with van der Waals surface area (Å²) < 4.78 is 0.